The van der Waals surface area contributed by atoms with E-state index >= 15 is 0 Å². The number of hydrogen-bond donors (Lipinski definition) is 2. The Balaban J connectivity index is 1.44. The highest BCUT2D eigenvalue weighted by Gasteiger charge is 2.25. The van der Waals surface area contributed by atoms with Gasteiger partial charge in [0.15, 0.2) is 0 Å². The molecule has 3 amide bonds. The molecule has 0 saturated carbocycles. The summed E-state index contributed by atoms with van der Waals surface area (Å²) >= 11 is 0. The van der Waals surface area contributed by atoms with E-state index in [9.17, 15) is 9.59 Å². The smallest absolute Gasteiger partial charge is 0.319 e. The third-order valence-corrected chi connectivity index (χ3v) is 5.28. The molecule has 0 bridgehead atoms. The average molecular weight is 399 g/mol. The highest BCUT2D eigenvalue weighted by Crippen LogP contribution is 2.30. The number of fused-ring (bicyclic) bond motifs is 1. The van der Waals surface area contributed by atoms with Gasteiger partial charge in [-0.3, -0.25) is 4.79 Å². The summed E-state index contributed by atoms with van der Waals surface area (Å²) in [6.45, 7) is 5.03. The molecule has 0 spiro atoms. The molecule has 0 aliphatic carbocycles. The Kier molecular flexibility index (Phi) is 5.53. The molecule has 1 aliphatic heterocycles. The van der Waals surface area contributed by atoms with Gasteiger partial charge in [0.1, 0.15) is 0 Å². The molecule has 1 aliphatic rings. The number of anilines is 2. The number of carbonyl (C=O) groups is 2. The van der Waals surface area contributed by atoms with Crippen molar-refractivity contribution in [2.45, 2.75) is 26.8 Å². The lowest BCUT2D eigenvalue weighted by Gasteiger charge is -2.18. The maximum Gasteiger partial charge on any atom is 0.319 e. The zero-order chi connectivity index (χ0) is 21.1. The van der Waals surface area contributed by atoms with Gasteiger partial charge in [0.05, 0.1) is 0 Å². The number of nitrogens with zero attached hydrogens (tertiary/aromatic N) is 1. The van der Waals surface area contributed by atoms with E-state index in [1.165, 1.54) is 0 Å². The maximum absolute atomic E-state index is 13.0. The summed E-state index contributed by atoms with van der Waals surface area (Å²) in [5.41, 5.74) is 6.66. The fourth-order valence-corrected chi connectivity index (χ4v) is 3.76. The fraction of sp³-hybridized carbons (Fsp3) is 0.200. The van der Waals surface area contributed by atoms with E-state index in [2.05, 4.69) is 10.6 Å². The van der Waals surface area contributed by atoms with E-state index in [4.69, 9.17) is 0 Å². The molecule has 30 heavy (non-hydrogen) atoms. The van der Waals surface area contributed by atoms with Crippen LogP contribution in [0.1, 0.15) is 32.6 Å². The van der Waals surface area contributed by atoms with Crippen LogP contribution in [0.3, 0.4) is 0 Å². The number of urea groups is 1. The first-order chi connectivity index (χ1) is 14.5. The number of carbonyl (C=O) groups excluding carboxylic acids is 2. The summed E-state index contributed by atoms with van der Waals surface area (Å²) in [4.78, 5) is 27.1. The second-order valence-corrected chi connectivity index (χ2v) is 7.72. The summed E-state index contributed by atoms with van der Waals surface area (Å²) in [6, 6.07) is 21.1. The van der Waals surface area contributed by atoms with Crippen LogP contribution < -0.4 is 15.5 Å². The van der Waals surface area contributed by atoms with Crippen LogP contribution in [0, 0.1) is 13.8 Å². The van der Waals surface area contributed by atoms with Crippen molar-refractivity contribution in [3.05, 3.63) is 94.5 Å². The lowest BCUT2D eigenvalue weighted by Crippen LogP contribution is -2.29. The van der Waals surface area contributed by atoms with Gasteiger partial charge in [0.2, 0.25) is 0 Å². The van der Waals surface area contributed by atoms with Crippen molar-refractivity contribution >= 4 is 23.3 Å². The highest BCUT2D eigenvalue weighted by atomic mass is 16.2. The van der Waals surface area contributed by atoms with Crippen molar-refractivity contribution in [3.8, 4) is 0 Å². The van der Waals surface area contributed by atoms with Crippen molar-refractivity contribution in [2.75, 3.05) is 16.8 Å². The Morgan fingerprint density at radius 2 is 1.70 bits per heavy atom. The van der Waals surface area contributed by atoms with Crippen LogP contribution in [0.5, 0.6) is 0 Å². The van der Waals surface area contributed by atoms with Gasteiger partial charge in [-0.25, -0.2) is 4.79 Å². The first kappa shape index (κ1) is 19.7. The molecule has 0 unspecified atom stereocenters. The first-order valence-electron chi connectivity index (χ1n) is 10.1. The summed E-state index contributed by atoms with van der Waals surface area (Å²) < 4.78 is 0. The number of nitrogens with one attached hydrogen (secondary N) is 2. The van der Waals surface area contributed by atoms with Crippen LogP contribution in [0.4, 0.5) is 16.2 Å². The minimum absolute atomic E-state index is 0.0137. The van der Waals surface area contributed by atoms with Crippen LogP contribution in [-0.4, -0.2) is 18.5 Å². The SMILES string of the molecule is Cc1cccc(NC(=O)NCc2ccc3c(c2)N(C(=O)c2cccc(C)c2)CC3)c1. The number of aryl methyl sites for hydroxylation is 2. The quantitative estimate of drug-likeness (QED) is 0.660. The van der Waals surface area contributed by atoms with Gasteiger partial charge in [0.25, 0.3) is 5.91 Å². The number of hydrogen-bond acceptors (Lipinski definition) is 2. The minimum Gasteiger partial charge on any atom is -0.334 e. The molecule has 4 rings (SSSR count). The van der Waals surface area contributed by atoms with Crippen molar-refractivity contribution in [2.24, 2.45) is 0 Å². The average Bonchev–Trinajstić information content (AvgIpc) is 3.15. The van der Waals surface area contributed by atoms with Crippen LogP contribution in [-0.2, 0) is 13.0 Å². The molecule has 0 fully saturated rings. The summed E-state index contributed by atoms with van der Waals surface area (Å²) in [6.07, 6.45) is 0.842. The second-order valence-electron chi connectivity index (χ2n) is 7.72. The Bertz CT molecular complexity index is 1110. The van der Waals surface area contributed by atoms with Crippen molar-refractivity contribution in [1.82, 2.24) is 5.32 Å². The summed E-state index contributed by atoms with van der Waals surface area (Å²) in [7, 11) is 0. The van der Waals surface area contributed by atoms with Gasteiger partial charge in [-0.15, -0.1) is 0 Å². The Labute approximate surface area is 176 Å². The molecule has 5 nitrogen and oxygen atoms in total. The highest BCUT2D eigenvalue weighted by molar-refractivity contribution is 6.07. The van der Waals surface area contributed by atoms with Gasteiger partial charge in [-0.2, -0.15) is 0 Å². The van der Waals surface area contributed by atoms with E-state index in [0.717, 1.165) is 40.0 Å². The Hall–Kier alpha value is -3.60. The van der Waals surface area contributed by atoms with Gasteiger partial charge in [-0.05, 0) is 67.3 Å². The molecule has 0 radical (unpaired) electrons. The molecule has 1 heterocycles. The fourth-order valence-electron chi connectivity index (χ4n) is 3.76. The molecular weight excluding hydrogens is 374 g/mol. The Morgan fingerprint density at radius 3 is 2.47 bits per heavy atom. The van der Waals surface area contributed by atoms with Crippen molar-refractivity contribution in [3.63, 3.8) is 0 Å². The van der Waals surface area contributed by atoms with Gasteiger partial charge >= 0.3 is 6.03 Å². The lowest BCUT2D eigenvalue weighted by atomic mass is 10.1. The predicted molar refractivity (Wildman–Crippen MR) is 120 cm³/mol. The first-order valence-corrected chi connectivity index (χ1v) is 10.1. The zero-order valence-corrected chi connectivity index (χ0v) is 17.2. The monoisotopic (exact) mass is 399 g/mol. The third kappa shape index (κ3) is 4.35. The van der Waals surface area contributed by atoms with E-state index in [0.29, 0.717) is 18.7 Å². The van der Waals surface area contributed by atoms with E-state index in [-0.39, 0.29) is 11.9 Å². The van der Waals surface area contributed by atoms with Crippen LogP contribution in [0.2, 0.25) is 0 Å². The number of amides is 3. The van der Waals surface area contributed by atoms with Crippen LogP contribution in [0.25, 0.3) is 0 Å². The van der Waals surface area contributed by atoms with Gasteiger partial charge < -0.3 is 15.5 Å². The van der Waals surface area contributed by atoms with Gasteiger partial charge in [-0.1, -0.05) is 42.0 Å². The van der Waals surface area contributed by atoms with Crippen molar-refractivity contribution in [1.29, 1.82) is 0 Å². The number of benzene rings is 3. The molecule has 152 valence electrons. The topological polar surface area (TPSA) is 61.4 Å². The zero-order valence-electron chi connectivity index (χ0n) is 17.2. The normalized spacial score (nSPS) is 12.4. The standard InChI is InChI=1S/C25H25N3O2/c1-17-5-3-7-21(13-17)24(29)28-12-11-20-10-9-19(15-23(20)28)16-26-25(30)27-22-8-4-6-18(2)14-22/h3-10,13-15H,11-12,16H2,1-2H3,(H2,26,27,30). The van der Waals surface area contributed by atoms with Gasteiger partial charge in [0, 0.05) is 30.0 Å². The molecule has 0 aromatic heterocycles. The third-order valence-electron chi connectivity index (χ3n) is 5.28. The van der Waals surface area contributed by atoms with Crippen LogP contribution >= 0.6 is 0 Å². The predicted octanol–water partition coefficient (Wildman–Crippen LogP) is 4.83. The second kappa shape index (κ2) is 8.41. The van der Waals surface area contributed by atoms with E-state index in [1.54, 1.807) is 0 Å². The van der Waals surface area contributed by atoms with E-state index in [1.807, 2.05) is 85.5 Å². The maximum atomic E-state index is 13.0. The minimum atomic E-state index is -0.256. The molecule has 5 heteroatoms. The lowest BCUT2D eigenvalue weighted by molar-refractivity contribution is 0.0989. The molecule has 3 aromatic rings. The molecule has 2 N–H and O–H groups in total. The largest absolute Gasteiger partial charge is 0.334 e. The van der Waals surface area contributed by atoms with Crippen molar-refractivity contribution < 1.29 is 9.59 Å². The molecule has 0 saturated heterocycles. The summed E-state index contributed by atoms with van der Waals surface area (Å²) in [5, 5.41) is 5.73. The molecular formula is C25H25N3O2. The molecule has 0 atom stereocenters. The Morgan fingerprint density at radius 1 is 0.933 bits per heavy atom. The molecule has 3 aromatic carbocycles. The summed E-state index contributed by atoms with van der Waals surface area (Å²) in [5.74, 6) is 0.0137. The van der Waals surface area contributed by atoms with E-state index < -0.39 is 0 Å². The van der Waals surface area contributed by atoms with Crippen LogP contribution in [0.15, 0.2) is 66.7 Å². The number of rotatable bonds is 4.